The van der Waals surface area contributed by atoms with E-state index in [-0.39, 0.29) is 5.82 Å². The summed E-state index contributed by atoms with van der Waals surface area (Å²) in [4.78, 5) is 0. The SMILES string of the molecule is CCCNC(Cc1cc(F)ccc1Br)C1C(C)(C)C1(C)C. The van der Waals surface area contributed by atoms with Crippen LogP contribution in [0, 0.1) is 22.6 Å². The Labute approximate surface area is 136 Å². The highest BCUT2D eigenvalue weighted by atomic mass is 79.9. The number of halogens is 2. The lowest BCUT2D eigenvalue weighted by Crippen LogP contribution is -2.36. The third kappa shape index (κ3) is 3.19. The summed E-state index contributed by atoms with van der Waals surface area (Å²) in [5.74, 6) is 0.462. The maximum Gasteiger partial charge on any atom is 0.123 e. The molecule has 0 heterocycles. The molecule has 1 aliphatic carbocycles. The average Bonchev–Trinajstić information content (AvgIpc) is 2.80. The van der Waals surface area contributed by atoms with Gasteiger partial charge in [-0.2, -0.15) is 0 Å². The van der Waals surface area contributed by atoms with Gasteiger partial charge in [-0.05, 0) is 59.9 Å². The third-order valence-corrected chi connectivity index (χ3v) is 6.41. The Balaban J connectivity index is 2.20. The van der Waals surface area contributed by atoms with Crippen LogP contribution in [0.1, 0.15) is 46.6 Å². The van der Waals surface area contributed by atoms with E-state index >= 15 is 0 Å². The molecule has 0 aromatic heterocycles. The summed E-state index contributed by atoms with van der Waals surface area (Å²) >= 11 is 3.56. The van der Waals surface area contributed by atoms with E-state index in [9.17, 15) is 4.39 Å². The van der Waals surface area contributed by atoms with E-state index in [1.54, 1.807) is 6.07 Å². The molecule has 118 valence electrons. The zero-order valence-electron chi connectivity index (χ0n) is 13.8. The van der Waals surface area contributed by atoms with E-state index < -0.39 is 0 Å². The topological polar surface area (TPSA) is 12.0 Å². The maximum atomic E-state index is 13.5. The zero-order valence-corrected chi connectivity index (χ0v) is 15.3. The minimum atomic E-state index is -0.156. The first-order valence-corrected chi connectivity index (χ1v) is 8.68. The Kier molecular flexibility index (Phi) is 4.84. The van der Waals surface area contributed by atoms with E-state index in [0.29, 0.717) is 22.8 Å². The lowest BCUT2D eigenvalue weighted by atomic mass is 9.96. The molecule has 0 radical (unpaired) electrons. The Morgan fingerprint density at radius 1 is 1.24 bits per heavy atom. The normalized spacial score (nSPS) is 21.3. The van der Waals surface area contributed by atoms with Crippen LogP contribution in [0.3, 0.4) is 0 Å². The molecule has 0 amide bonds. The van der Waals surface area contributed by atoms with Crippen LogP contribution < -0.4 is 5.32 Å². The van der Waals surface area contributed by atoms with Gasteiger partial charge in [-0.25, -0.2) is 4.39 Å². The molecule has 1 atom stereocenters. The Morgan fingerprint density at radius 2 is 1.86 bits per heavy atom. The van der Waals surface area contributed by atoms with Crippen molar-refractivity contribution < 1.29 is 4.39 Å². The first-order valence-electron chi connectivity index (χ1n) is 7.89. The lowest BCUT2D eigenvalue weighted by Gasteiger charge is -2.22. The molecule has 1 unspecified atom stereocenters. The summed E-state index contributed by atoms with van der Waals surface area (Å²) in [6.07, 6.45) is 1.99. The van der Waals surface area contributed by atoms with Crippen molar-refractivity contribution in [1.82, 2.24) is 5.32 Å². The molecule has 1 aromatic rings. The van der Waals surface area contributed by atoms with Crippen LogP contribution in [0.5, 0.6) is 0 Å². The fourth-order valence-corrected chi connectivity index (χ4v) is 4.24. The van der Waals surface area contributed by atoms with E-state index in [1.165, 1.54) is 6.07 Å². The van der Waals surface area contributed by atoms with Crippen molar-refractivity contribution in [3.8, 4) is 0 Å². The van der Waals surface area contributed by atoms with E-state index in [1.807, 2.05) is 6.07 Å². The maximum absolute atomic E-state index is 13.5. The van der Waals surface area contributed by atoms with Crippen LogP contribution in [-0.4, -0.2) is 12.6 Å². The van der Waals surface area contributed by atoms with Crippen molar-refractivity contribution in [2.24, 2.45) is 16.7 Å². The van der Waals surface area contributed by atoms with Gasteiger partial charge >= 0.3 is 0 Å². The smallest absolute Gasteiger partial charge is 0.123 e. The average molecular weight is 356 g/mol. The number of benzene rings is 1. The molecule has 1 N–H and O–H groups in total. The number of rotatable bonds is 6. The van der Waals surface area contributed by atoms with Gasteiger partial charge < -0.3 is 5.32 Å². The zero-order chi connectivity index (χ0) is 15.8. The molecule has 1 nitrogen and oxygen atoms in total. The number of hydrogen-bond acceptors (Lipinski definition) is 1. The summed E-state index contributed by atoms with van der Waals surface area (Å²) in [5.41, 5.74) is 1.72. The predicted molar refractivity (Wildman–Crippen MR) is 90.9 cm³/mol. The molecular formula is C18H27BrFN. The predicted octanol–water partition coefficient (Wildman–Crippen LogP) is 5.18. The minimum Gasteiger partial charge on any atom is -0.313 e. The largest absolute Gasteiger partial charge is 0.313 e. The number of hydrogen-bond donors (Lipinski definition) is 1. The molecule has 0 spiro atoms. The van der Waals surface area contributed by atoms with Crippen molar-refractivity contribution in [1.29, 1.82) is 0 Å². The first-order chi connectivity index (χ1) is 9.71. The van der Waals surface area contributed by atoms with Gasteiger partial charge in [0.1, 0.15) is 5.82 Å². The van der Waals surface area contributed by atoms with Crippen molar-refractivity contribution in [2.45, 2.75) is 53.5 Å². The van der Waals surface area contributed by atoms with Crippen LogP contribution in [0.2, 0.25) is 0 Å². The Hall–Kier alpha value is -0.410. The molecule has 0 bridgehead atoms. The summed E-state index contributed by atoms with van der Waals surface area (Å²) in [5, 5.41) is 3.69. The standard InChI is InChI=1S/C18H27BrFN/c1-6-9-21-15(16-17(2,3)18(16,4)5)11-12-10-13(20)7-8-14(12)19/h7-8,10,15-16,21H,6,9,11H2,1-5H3. The summed E-state index contributed by atoms with van der Waals surface area (Å²) in [6, 6.07) is 5.37. The molecular weight excluding hydrogens is 329 g/mol. The van der Waals surface area contributed by atoms with Crippen LogP contribution in [0.25, 0.3) is 0 Å². The van der Waals surface area contributed by atoms with Crippen molar-refractivity contribution in [3.63, 3.8) is 0 Å². The fourth-order valence-electron chi connectivity index (χ4n) is 3.83. The van der Waals surface area contributed by atoms with Gasteiger partial charge in [-0.3, -0.25) is 0 Å². The summed E-state index contributed by atoms with van der Waals surface area (Å²) in [7, 11) is 0. The molecule has 1 fully saturated rings. The molecule has 21 heavy (non-hydrogen) atoms. The van der Waals surface area contributed by atoms with Crippen molar-refractivity contribution in [3.05, 3.63) is 34.1 Å². The first kappa shape index (κ1) is 17.0. The van der Waals surface area contributed by atoms with Gasteiger partial charge in [-0.1, -0.05) is 50.5 Å². The second-order valence-electron chi connectivity index (χ2n) is 7.42. The van der Waals surface area contributed by atoms with Crippen molar-refractivity contribution in [2.75, 3.05) is 6.54 Å². The van der Waals surface area contributed by atoms with Crippen molar-refractivity contribution >= 4 is 15.9 Å². The van der Waals surface area contributed by atoms with Gasteiger partial charge in [0, 0.05) is 10.5 Å². The molecule has 0 aliphatic heterocycles. The summed E-state index contributed by atoms with van der Waals surface area (Å²) < 4.78 is 14.5. The third-order valence-electron chi connectivity index (χ3n) is 5.64. The van der Waals surface area contributed by atoms with E-state index in [4.69, 9.17) is 0 Å². The molecule has 1 aromatic carbocycles. The Bertz CT molecular complexity index is 496. The van der Waals surface area contributed by atoms with E-state index in [0.717, 1.165) is 29.4 Å². The van der Waals surface area contributed by atoms with Crippen LogP contribution in [-0.2, 0) is 6.42 Å². The lowest BCUT2D eigenvalue weighted by molar-refractivity contribution is 0.395. The van der Waals surface area contributed by atoms with Crippen LogP contribution in [0.15, 0.2) is 22.7 Å². The van der Waals surface area contributed by atoms with Gasteiger partial charge in [0.15, 0.2) is 0 Å². The molecule has 2 rings (SSSR count). The van der Waals surface area contributed by atoms with Crippen LogP contribution >= 0.6 is 15.9 Å². The second kappa shape index (κ2) is 6.00. The monoisotopic (exact) mass is 355 g/mol. The van der Waals surface area contributed by atoms with Crippen LogP contribution in [0.4, 0.5) is 4.39 Å². The highest BCUT2D eigenvalue weighted by Crippen LogP contribution is 2.69. The minimum absolute atomic E-state index is 0.156. The summed E-state index contributed by atoms with van der Waals surface area (Å²) in [6.45, 7) is 12.6. The highest BCUT2D eigenvalue weighted by molar-refractivity contribution is 9.10. The van der Waals surface area contributed by atoms with Gasteiger partial charge in [0.25, 0.3) is 0 Å². The molecule has 0 saturated heterocycles. The second-order valence-corrected chi connectivity index (χ2v) is 8.28. The van der Waals surface area contributed by atoms with E-state index in [2.05, 4.69) is 55.9 Å². The van der Waals surface area contributed by atoms with Gasteiger partial charge in [0.2, 0.25) is 0 Å². The number of nitrogens with one attached hydrogen (secondary N) is 1. The Morgan fingerprint density at radius 3 is 2.38 bits per heavy atom. The fraction of sp³-hybridized carbons (Fsp3) is 0.667. The molecule has 1 saturated carbocycles. The molecule has 3 heteroatoms. The van der Waals surface area contributed by atoms with Gasteiger partial charge in [-0.15, -0.1) is 0 Å². The highest BCUT2D eigenvalue weighted by Gasteiger charge is 2.66. The quantitative estimate of drug-likeness (QED) is 0.740. The molecule has 1 aliphatic rings. The van der Waals surface area contributed by atoms with Gasteiger partial charge in [0.05, 0.1) is 0 Å².